The summed E-state index contributed by atoms with van der Waals surface area (Å²) in [5, 5.41) is 7.70. The van der Waals surface area contributed by atoms with Gasteiger partial charge in [-0.15, -0.1) is 0 Å². The van der Waals surface area contributed by atoms with E-state index in [1.807, 2.05) is 0 Å². The van der Waals surface area contributed by atoms with Crippen molar-refractivity contribution in [1.82, 2.24) is 9.78 Å². The Bertz CT molecular complexity index is 512. The minimum Gasteiger partial charge on any atom is -0.383 e. The Balaban J connectivity index is 2.22. The summed E-state index contributed by atoms with van der Waals surface area (Å²) >= 11 is 6.12. The van der Waals surface area contributed by atoms with Gasteiger partial charge in [0, 0.05) is 13.7 Å². The van der Waals surface area contributed by atoms with Gasteiger partial charge in [0.05, 0.1) is 23.9 Å². The van der Waals surface area contributed by atoms with E-state index in [1.165, 1.54) is 23.7 Å². The van der Waals surface area contributed by atoms with Crippen LogP contribution in [-0.4, -0.2) is 29.5 Å². The molecule has 1 unspecified atom stereocenters. The molecule has 1 aromatic rings. The summed E-state index contributed by atoms with van der Waals surface area (Å²) in [5.74, 6) is 0.921. The predicted molar refractivity (Wildman–Crippen MR) is 80.4 cm³/mol. The molecule has 0 amide bonds. The van der Waals surface area contributed by atoms with Crippen molar-refractivity contribution >= 4 is 17.3 Å². The maximum atomic E-state index is 12.4. The molecule has 112 valence electrons. The van der Waals surface area contributed by atoms with Crippen LogP contribution in [0.15, 0.2) is 11.0 Å². The quantitative estimate of drug-likeness (QED) is 0.840. The van der Waals surface area contributed by atoms with Gasteiger partial charge < -0.3 is 10.1 Å². The maximum Gasteiger partial charge on any atom is 0.291 e. The number of ether oxygens (including phenoxy) is 1. The first-order valence-electron chi connectivity index (χ1n) is 7.04. The summed E-state index contributed by atoms with van der Waals surface area (Å²) in [7, 11) is 1.65. The molecule has 1 fully saturated rings. The van der Waals surface area contributed by atoms with Crippen LogP contribution < -0.4 is 10.9 Å². The molecule has 20 heavy (non-hydrogen) atoms. The Morgan fingerprint density at radius 2 is 2.25 bits per heavy atom. The lowest BCUT2D eigenvalue weighted by Gasteiger charge is -2.23. The number of nitrogens with zero attached hydrogens (tertiary/aromatic N) is 2. The Kier molecular flexibility index (Phi) is 5.05. The summed E-state index contributed by atoms with van der Waals surface area (Å²) in [6.45, 7) is 5.36. The van der Waals surface area contributed by atoms with Gasteiger partial charge >= 0.3 is 0 Å². The fraction of sp³-hybridized carbons (Fsp3) is 0.714. The molecule has 0 aliphatic heterocycles. The van der Waals surface area contributed by atoms with Gasteiger partial charge in [-0.1, -0.05) is 25.4 Å². The van der Waals surface area contributed by atoms with Gasteiger partial charge in [-0.05, 0) is 24.7 Å². The SMILES string of the molecule is COCC(Nc1c(Cl)cnn(CC2CC2)c1=O)C(C)C. The molecule has 2 rings (SSSR count). The van der Waals surface area contributed by atoms with Crippen molar-refractivity contribution in [2.24, 2.45) is 11.8 Å². The fourth-order valence-corrected chi connectivity index (χ4v) is 2.22. The summed E-state index contributed by atoms with van der Waals surface area (Å²) in [5.41, 5.74) is 0.282. The molecule has 1 aliphatic rings. The highest BCUT2D eigenvalue weighted by atomic mass is 35.5. The van der Waals surface area contributed by atoms with Crippen molar-refractivity contribution in [3.05, 3.63) is 21.6 Å². The molecular weight excluding hydrogens is 278 g/mol. The van der Waals surface area contributed by atoms with Crippen molar-refractivity contribution < 1.29 is 4.74 Å². The van der Waals surface area contributed by atoms with E-state index in [0.29, 0.717) is 35.7 Å². The van der Waals surface area contributed by atoms with E-state index in [2.05, 4.69) is 24.3 Å². The Morgan fingerprint density at radius 1 is 1.55 bits per heavy atom. The first-order chi connectivity index (χ1) is 9.52. The van der Waals surface area contributed by atoms with Crippen LogP contribution in [0.1, 0.15) is 26.7 Å². The molecule has 1 saturated carbocycles. The number of aromatic nitrogens is 2. The topological polar surface area (TPSA) is 56.1 Å². The van der Waals surface area contributed by atoms with Gasteiger partial charge in [-0.3, -0.25) is 4.79 Å². The van der Waals surface area contributed by atoms with Crippen LogP contribution in [0.25, 0.3) is 0 Å². The second-order valence-corrected chi connectivity index (χ2v) is 6.16. The van der Waals surface area contributed by atoms with Crippen LogP contribution in [0.2, 0.25) is 5.02 Å². The molecular formula is C14H22ClN3O2. The second kappa shape index (κ2) is 6.59. The van der Waals surface area contributed by atoms with Crippen LogP contribution in [0.3, 0.4) is 0 Å². The molecule has 0 saturated heterocycles. The van der Waals surface area contributed by atoms with E-state index >= 15 is 0 Å². The molecule has 0 spiro atoms. The normalized spacial score (nSPS) is 16.4. The lowest BCUT2D eigenvalue weighted by atomic mass is 10.1. The van der Waals surface area contributed by atoms with E-state index in [4.69, 9.17) is 16.3 Å². The molecule has 0 radical (unpaired) electrons. The van der Waals surface area contributed by atoms with Gasteiger partial charge in [-0.2, -0.15) is 5.10 Å². The van der Waals surface area contributed by atoms with Crippen LogP contribution >= 0.6 is 11.6 Å². The van der Waals surface area contributed by atoms with Gasteiger partial charge in [0.25, 0.3) is 5.56 Å². The largest absolute Gasteiger partial charge is 0.383 e. The third-order valence-electron chi connectivity index (χ3n) is 3.61. The Labute approximate surface area is 124 Å². The molecule has 0 aromatic carbocycles. The third kappa shape index (κ3) is 3.73. The number of methoxy groups -OCH3 is 1. The molecule has 1 atom stereocenters. The summed E-state index contributed by atoms with van der Waals surface area (Å²) in [6, 6.07) is 0.0435. The molecule has 5 nitrogen and oxygen atoms in total. The highest BCUT2D eigenvalue weighted by molar-refractivity contribution is 6.33. The Hall–Kier alpha value is -1.07. The second-order valence-electron chi connectivity index (χ2n) is 5.75. The molecule has 1 aliphatic carbocycles. The van der Waals surface area contributed by atoms with Crippen LogP contribution in [0.5, 0.6) is 0 Å². The minimum atomic E-state index is -0.147. The average molecular weight is 300 g/mol. The molecule has 1 N–H and O–H groups in total. The van der Waals surface area contributed by atoms with E-state index in [-0.39, 0.29) is 11.6 Å². The van der Waals surface area contributed by atoms with E-state index < -0.39 is 0 Å². The van der Waals surface area contributed by atoms with Crippen LogP contribution in [0, 0.1) is 11.8 Å². The number of hydrogen-bond acceptors (Lipinski definition) is 4. The number of hydrogen-bond donors (Lipinski definition) is 1. The Morgan fingerprint density at radius 3 is 2.80 bits per heavy atom. The molecule has 0 bridgehead atoms. The molecule has 1 aromatic heterocycles. The highest BCUT2D eigenvalue weighted by Crippen LogP contribution is 2.30. The number of halogens is 1. The maximum absolute atomic E-state index is 12.4. The summed E-state index contributed by atoms with van der Waals surface area (Å²) < 4.78 is 6.70. The van der Waals surface area contributed by atoms with Crippen molar-refractivity contribution in [3.63, 3.8) is 0 Å². The number of anilines is 1. The zero-order valence-electron chi connectivity index (χ0n) is 12.2. The zero-order valence-corrected chi connectivity index (χ0v) is 13.0. The first-order valence-corrected chi connectivity index (χ1v) is 7.41. The zero-order chi connectivity index (χ0) is 14.7. The van der Waals surface area contributed by atoms with Crippen LogP contribution in [-0.2, 0) is 11.3 Å². The van der Waals surface area contributed by atoms with Gasteiger partial charge in [-0.25, -0.2) is 4.68 Å². The fourth-order valence-electron chi connectivity index (χ4n) is 2.04. The minimum absolute atomic E-state index is 0.0435. The number of nitrogens with one attached hydrogen (secondary N) is 1. The van der Waals surface area contributed by atoms with Gasteiger partial charge in [0.2, 0.25) is 0 Å². The van der Waals surface area contributed by atoms with Gasteiger partial charge in [0.1, 0.15) is 5.69 Å². The highest BCUT2D eigenvalue weighted by Gasteiger charge is 2.24. The summed E-state index contributed by atoms with van der Waals surface area (Å²) in [4.78, 5) is 12.4. The first kappa shape index (κ1) is 15.3. The van der Waals surface area contributed by atoms with Gasteiger partial charge in [0.15, 0.2) is 0 Å². The van der Waals surface area contributed by atoms with E-state index in [9.17, 15) is 4.79 Å². The van der Waals surface area contributed by atoms with Crippen LogP contribution in [0.4, 0.5) is 5.69 Å². The van der Waals surface area contributed by atoms with Crippen molar-refractivity contribution in [2.45, 2.75) is 39.3 Å². The molecule has 6 heteroatoms. The predicted octanol–water partition coefficient (Wildman–Crippen LogP) is 2.39. The van der Waals surface area contributed by atoms with Crippen molar-refractivity contribution in [3.8, 4) is 0 Å². The lowest BCUT2D eigenvalue weighted by molar-refractivity contribution is 0.171. The standard InChI is InChI=1S/C14H22ClN3O2/c1-9(2)12(8-20-3)17-13-11(15)6-16-18(14(13)19)7-10-4-5-10/h6,9-10,12,17H,4-5,7-8H2,1-3H3. The smallest absolute Gasteiger partial charge is 0.291 e. The van der Waals surface area contributed by atoms with Crippen molar-refractivity contribution in [1.29, 1.82) is 0 Å². The summed E-state index contributed by atoms with van der Waals surface area (Å²) in [6.07, 6.45) is 3.90. The lowest BCUT2D eigenvalue weighted by Crippen LogP contribution is -2.35. The third-order valence-corrected chi connectivity index (χ3v) is 3.89. The van der Waals surface area contributed by atoms with Crippen molar-refractivity contribution in [2.75, 3.05) is 19.0 Å². The monoisotopic (exact) mass is 299 g/mol. The van der Waals surface area contributed by atoms with E-state index in [0.717, 1.165) is 0 Å². The molecule has 1 heterocycles. The number of rotatable bonds is 7. The van der Waals surface area contributed by atoms with E-state index in [1.54, 1.807) is 7.11 Å². The average Bonchev–Trinajstić information content (AvgIpc) is 3.20.